The van der Waals surface area contributed by atoms with Crippen molar-refractivity contribution in [3.63, 3.8) is 0 Å². The summed E-state index contributed by atoms with van der Waals surface area (Å²) in [5, 5.41) is 10.6. The highest BCUT2D eigenvalue weighted by Gasteiger charge is 2.37. The van der Waals surface area contributed by atoms with E-state index in [1.165, 1.54) is 28.9 Å². The number of halogens is 2. The molecule has 30 heavy (non-hydrogen) atoms. The van der Waals surface area contributed by atoms with Crippen LogP contribution in [-0.4, -0.2) is 28.7 Å². The zero-order chi connectivity index (χ0) is 21.3. The van der Waals surface area contributed by atoms with Gasteiger partial charge >= 0.3 is 0 Å². The Hall–Kier alpha value is -3.23. The summed E-state index contributed by atoms with van der Waals surface area (Å²) < 4.78 is 19.8. The van der Waals surface area contributed by atoms with Crippen LogP contribution in [-0.2, 0) is 20.9 Å². The molecule has 1 atom stereocenters. The molecule has 1 unspecified atom stereocenters. The van der Waals surface area contributed by atoms with Crippen molar-refractivity contribution in [2.75, 3.05) is 17.7 Å². The summed E-state index contributed by atoms with van der Waals surface area (Å²) in [5.41, 5.74) is 2.63. The van der Waals surface area contributed by atoms with Crippen LogP contribution in [0.25, 0.3) is 11.1 Å². The molecule has 7 nitrogen and oxygen atoms in total. The molecular weight excluding hydrogens is 411 g/mol. The highest BCUT2D eigenvalue weighted by atomic mass is 35.5. The number of fused-ring (bicyclic) bond motifs is 1. The van der Waals surface area contributed by atoms with Gasteiger partial charge in [0.25, 0.3) is 5.91 Å². The zero-order valence-corrected chi connectivity index (χ0v) is 16.7. The molecule has 2 N–H and O–H groups in total. The van der Waals surface area contributed by atoms with Crippen molar-refractivity contribution in [1.82, 2.24) is 9.78 Å². The van der Waals surface area contributed by atoms with E-state index in [9.17, 15) is 14.0 Å². The average molecular weight is 429 g/mol. The van der Waals surface area contributed by atoms with Crippen LogP contribution in [0.1, 0.15) is 18.2 Å². The van der Waals surface area contributed by atoms with Crippen LogP contribution in [0.5, 0.6) is 0 Å². The van der Waals surface area contributed by atoms with Gasteiger partial charge in [0.1, 0.15) is 17.7 Å². The second-order valence-electron chi connectivity index (χ2n) is 6.82. The fourth-order valence-corrected chi connectivity index (χ4v) is 3.52. The van der Waals surface area contributed by atoms with E-state index in [0.717, 1.165) is 11.1 Å². The van der Waals surface area contributed by atoms with Crippen LogP contribution < -0.4 is 10.6 Å². The number of anilines is 2. The zero-order valence-electron chi connectivity index (χ0n) is 16.0. The van der Waals surface area contributed by atoms with E-state index in [0.29, 0.717) is 22.2 Å². The second kappa shape index (κ2) is 8.25. The van der Waals surface area contributed by atoms with Crippen molar-refractivity contribution >= 4 is 34.9 Å². The van der Waals surface area contributed by atoms with Gasteiger partial charge in [-0.1, -0.05) is 23.7 Å². The van der Waals surface area contributed by atoms with Crippen LogP contribution in [0.2, 0.25) is 5.02 Å². The normalized spacial score (nSPS) is 15.0. The molecule has 0 aliphatic carbocycles. The lowest BCUT2D eigenvalue weighted by Gasteiger charge is -2.10. The number of nitrogens with one attached hydrogen (secondary N) is 2. The van der Waals surface area contributed by atoms with Crippen molar-refractivity contribution in [1.29, 1.82) is 0 Å². The first kappa shape index (κ1) is 20.1. The van der Waals surface area contributed by atoms with Crippen molar-refractivity contribution in [2.24, 2.45) is 0 Å². The van der Waals surface area contributed by atoms with Gasteiger partial charge in [-0.3, -0.25) is 9.59 Å². The predicted molar refractivity (Wildman–Crippen MR) is 111 cm³/mol. The summed E-state index contributed by atoms with van der Waals surface area (Å²) in [6.45, 7) is 0.238. The number of methoxy groups -OCH3 is 1. The van der Waals surface area contributed by atoms with Gasteiger partial charge in [-0.2, -0.15) is 5.10 Å². The fourth-order valence-electron chi connectivity index (χ4n) is 3.40. The van der Waals surface area contributed by atoms with Gasteiger partial charge in [0.2, 0.25) is 5.91 Å². The molecule has 0 saturated heterocycles. The van der Waals surface area contributed by atoms with E-state index >= 15 is 0 Å². The third-order valence-electron chi connectivity index (χ3n) is 4.74. The first-order valence-corrected chi connectivity index (χ1v) is 9.56. The molecule has 0 spiro atoms. The number of carbonyl (C=O) groups excluding carboxylic acids is 2. The highest BCUT2D eigenvalue weighted by molar-refractivity contribution is 6.30. The minimum atomic E-state index is -0.808. The molecule has 2 heterocycles. The molecule has 154 valence electrons. The fraction of sp³-hybridized carbons (Fsp3) is 0.190. The van der Waals surface area contributed by atoms with E-state index in [1.807, 2.05) is 12.1 Å². The monoisotopic (exact) mass is 428 g/mol. The van der Waals surface area contributed by atoms with Gasteiger partial charge in [-0.25, -0.2) is 9.07 Å². The lowest BCUT2D eigenvalue weighted by atomic mass is 10.1. The molecular formula is C21H18ClFN4O3. The van der Waals surface area contributed by atoms with Gasteiger partial charge < -0.3 is 15.4 Å². The lowest BCUT2D eigenvalue weighted by Crippen LogP contribution is -2.24. The van der Waals surface area contributed by atoms with E-state index in [1.54, 1.807) is 19.2 Å². The van der Waals surface area contributed by atoms with Crippen molar-refractivity contribution in [2.45, 2.75) is 19.1 Å². The summed E-state index contributed by atoms with van der Waals surface area (Å²) in [7, 11) is 1.56. The van der Waals surface area contributed by atoms with Crippen LogP contribution in [0.15, 0.2) is 48.5 Å². The standard InChI is InChI=1S/C21H18ClFN4O3/c1-30-11-16-19(12-2-4-13(22)5-3-12)20-25-21(29)17(27(20)26-16)10-18(28)24-15-8-6-14(23)7-9-15/h2-9,17H,10-11H2,1H3,(H,24,28)(H,25,29). The number of amides is 2. The van der Waals surface area contributed by atoms with Crippen molar-refractivity contribution in [3.8, 4) is 11.1 Å². The molecule has 1 aromatic heterocycles. The quantitative estimate of drug-likeness (QED) is 0.621. The molecule has 0 saturated carbocycles. The van der Waals surface area contributed by atoms with Gasteiger partial charge in [0.05, 0.1) is 18.7 Å². The topological polar surface area (TPSA) is 85.2 Å². The number of rotatable bonds is 6. The second-order valence-corrected chi connectivity index (χ2v) is 7.26. The van der Waals surface area contributed by atoms with Gasteiger partial charge in [0.15, 0.2) is 0 Å². The van der Waals surface area contributed by atoms with Crippen LogP contribution >= 0.6 is 11.6 Å². The third kappa shape index (κ3) is 3.92. The first-order chi connectivity index (χ1) is 14.5. The van der Waals surface area contributed by atoms with Crippen LogP contribution in [0.4, 0.5) is 15.9 Å². The number of nitrogens with zero attached hydrogens (tertiary/aromatic N) is 2. The molecule has 9 heteroatoms. The number of carbonyl (C=O) groups is 2. The minimum Gasteiger partial charge on any atom is -0.378 e. The Morgan fingerprint density at radius 1 is 1.23 bits per heavy atom. The summed E-state index contributed by atoms with van der Waals surface area (Å²) in [6, 6.07) is 11.8. The molecule has 1 aliphatic heterocycles. The Bertz CT molecular complexity index is 1100. The van der Waals surface area contributed by atoms with Gasteiger partial charge in [-0.05, 0) is 42.0 Å². The molecule has 2 aromatic carbocycles. The Balaban J connectivity index is 1.61. The SMILES string of the molecule is COCc1nn2c(c1-c1ccc(Cl)cc1)NC(=O)C2CC(=O)Nc1ccc(F)cc1. The lowest BCUT2D eigenvalue weighted by molar-refractivity contribution is -0.123. The third-order valence-corrected chi connectivity index (χ3v) is 5.00. The van der Waals surface area contributed by atoms with E-state index in [2.05, 4.69) is 15.7 Å². The molecule has 3 aromatic rings. The molecule has 1 aliphatic rings. The molecule has 0 bridgehead atoms. The number of ether oxygens (including phenoxy) is 1. The minimum absolute atomic E-state index is 0.121. The maximum Gasteiger partial charge on any atom is 0.251 e. The molecule has 2 amide bonds. The largest absolute Gasteiger partial charge is 0.378 e. The van der Waals surface area contributed by atoms with Crippen molar-refractivity contribution < 1.29 is 18.7 Å². The smallest absolute Gasteiger partial charge is 0.251 e. The number of benzene rings is 2. The predicted octanol–water partition coefficient (Wildman–Crippen LogP) is 4.01. The van der Waals surface area contributed by atoms with Crippen LogP contribution in [0, 0.1) is 5.82 Å². The van der Waals surface area contributed by atoms with Crippen LogP contribution in [0.3, 0.4) is 0 Å². The Morgan fingerprint density at radius 2 is 1.93 bits per heavy atom. The Morgan fingerprint density at radius 3 is 2.60 bits per heavy atom. The van der Waals surface area contributed by atoms with E-state index < -0.39 is 11.9 Å². The summed E-state index contributed by atoms with van der Waals surface area (Å²) in [5.74, 6) is -0.601. The number of hydrogen-bond acceptors (Lipinski definition) is 4. The van der Waals surface area contributed by atoms with Crippen molar-refractivity contribution in [3.05, 3.63) is 65.1 Å². The molecule has 4 rings (SSSR count). The molecule has 0 fully saturated rings. The maximum absolute atomic E-state index is 13.0. The van der Waals surface area contributed by atoms with Gasteiger partial charge in [-0.15, -0.1) is 0 Å². The Labute approximate surface area is 176 Å². The maximum atomic E-state index is 13.0. The number of aromatic nitrogens is 2. The summed E-state index contributed by atoms with van der Waals surface area (Å²) in [4.78, 5) is 25.0. The summed E-state index contributed by atoms with van der Waals surface area (Å²) in [6.07, 6.45) is -0.121. The molecule has 0 radical (unpaired) electrons. The number of hydrogen-bond donors (Lipinski definition) is 2. The Kier molecular flexibility index (Phi) is 5.52. The van der Waals surface area contributed by atoms with E-state index in [4.69, 9.17) is 16.3 Å². The average Bonchev–Trinajstić information content (AvgIpc) is 3.20. The van der Waals surface area contributed by atoms with Gasteiger partial charge in [0, 0.05) is 23.4 Å². The highest BCUT2D eigenvalue weighted by Crippen LogP contribution is 2.39. The summed E-state index contributed by atoms with van der Waals surface area (Å²) >= 11 is 5.99. The first-order valence-electron chi connectivity index (χ1n) is 9.19. The van der Waals surface area contributed by atoms with E-state index in [-0.39, 0.29) is 24.8 Å².